The van der Waals surface area contributed by atoms with E-state index in [1.807, 2.05) is 0 Å². The van der Waals surface area contributed by atoms with Gasteiger partial charge in [-0.15, -0.1) is 0 Å². The molecule has 0 aliphatic carbocycles. The molecule has 0 heterocycles. The number of alkyl halides is 1. The number of halogens is 1. The lowest BCUT2D eigenvalue weighted by Crippen LogP contribution is -2.44. The summed E-state index contributed by atoms with van der Waals surface area (Å²) in [6, 6.07) is 0.590. The van der Waals surface area contributed by atoms with Crippen molar-refractivity contribution in [2.75, 3.05) is 32.1 Å². The Hall–Kier alpha value is 0.400. The van der Waals surface area contributed by atoms with Crippen LogP contribution in [0.15, 0.2) is 0 Å². The van der Waals surface area contributed by atoms with Gasteiger partial charge in [-0.25, -0.2) is 0 Å². The van der Waals surface area contributed by atoms with Crippen molar-refractivity contribution in [2.45, 2.75) is 59.4 Å². The third kappa shape index (κ3) is 6.53. The van der Waals surface area contributed by atoms with Crippen molar-refractivity contribution in [3.63, 3.8) is 0 Å². The molecule has 0 aromatic heterocycles. The van der Waals surface area contributed by atoms with Gasteiger partial charge in [-0.2, -0.15) is 0 Å². The molecule has 0 bridgehead atoms. The summed E-state index contributed by atoms with van der Waals surface area (Å²) in [6.45, 7) is 12.2. The van der Waals surface area contributed by atoms with Gasteiger partial charge < -0.3 is 4.74 Å². The first-order chi connectivity index (χ1) is 8.55. The molecule has 0 unspecified atom stereocenters. The molecule has 0 aliphatic heterocycles. The third-order valence-electron chi connectivity index (χ3n) is 3.70. The molecule has 0 saturated heterocycles. The second-order valence-corrected chi connectivity index (χ2v) is 6.25. The zero-order valence-electron chi connectivity index (χ0n) is 13.0. The van der Waals surface area contributed by atoms with Gasteiger partial charge in [-0.3, -0.25) is 4.90 Å². The van der Waals surface area contributed by atoms with Gasteiger partial charge in [0.05, 0.1) is 6.61 Å². The van der Waals surface area contributed by atoms with E-state index < -0.39 is 0 Å². The highest BCUT2D eigenvalue weighted by Crippen LogP contribution is 2.33. The monoisotopic (exact) mass is 321 g/mol. The molecule has 0 aromatic carbocycles. The molecule has 0 rings (SSSR count). The molecule has 0 N–H and O–H groups in total. The normalized spacial score (nSPS) is 12.7. The van der Waals surface area contributed by atoms with Crippen LogP contribution < -0.4 is 0 Å². The van der Waals surface area contributed by atoms with Gasteiger partial charge in [-0.1, -0.05) is 42.6 Å². The minimum absolute atomic E-state index is 0.432. The topological polar surface area (TPSA) is 12.5 Å². The van der Waals surface area contributed by atoms with Gasteiger partial charge in [0.15, 0.2) is 0 Å². The lowest BCUT2D eigenvalue weighted by Gasteiger charge is -2.39. The Kier molecular flexibility index (Phi) is 10.4. The largest absolute Gasteiger partial charge is 0.383 e. The minimum Gasteiger partial charge on any atom is -0.383 e. The van der Waals surface area contributed by atoms with Crippen LogP contribution in [0.4, 0.5) is 0 Å². The summed E-state index contributed by atoms with van der Waals surface area (Å²) in [4.78, 5) is 2.57. The van der Waals surface area contributed by atoms with E-state index in [0.29, 0.717) is 11.5 Å². The van der Waals surface area contributed by atoms with E-state index in [2.05, 4.69) is 48.5 Å². The summed E-state index contributed by atoms with van der Waals surface area (Å²) in [7, 11) is 1.79. The molecule has 0 atom stereocenters. The summed E-state index contributed by atoms with van der Waals surface area (Å²) in [5.74, 6) is 0. The number of rotatable bonds is 11. The molecule has 110 valence electrons. The molecular weight excluding hydrogens is 290 g/mol. The molecule has 0 aliphatic rings. The zero-order chi connectivity index (χ0) is 14.0. The van der Waals surface area contributed by atoms with Crippen molar-refractivity contribution in [3.8, 4) is 0 Å². The lowest BCUT2D eigenvalue weighted by atomic mass is 9.80. The highest BCUT2D eigenvalue weighted by Gasteiger charge is 2.30. The van der Waals surface area contributed by atoms with Crippen molar-refractivity contribution in [3.05, 3.63) is 0 Å². The lowest BCUT2D eigenvalue weighted by molar-refractivity contribution is 0.0841. The predicted molar refractivity (Wildman–Crippen MR) is 84.6 cm³/mol. The quantitative estimate of drug-likeness (QED) is 0.525. The fraction of sp³-hybridized carbons (Fsp3) is 1.00. The summed E-state index contributed by atoms with van der Waals surface area (Å²) in [5, 5.41) is 1.11. The molecule has 0 fully saturated rings. The number of nitrogens with zero attached hydrogens (tertiary/aromatic N) is 1. The maximum Gasteiger partial charge on any atom is 0.0589 e. The van der Waals surface area contributed by atoms with Gasteiger partial charge >= 0.3 is 0 Å². The third-order valence-corrected chi connectivity index (χ3v) is 4.89. The van der Waals surface area contributed by atoms with E-state index in [1.165, 1.54) is 32.2 Å². The fourth-order valence-corrected chi connectivity index (χ4v) is 3.42. The molecule has 2 nitrogen and oxygen atoms in total. The Morgan fingerprint density at radius 2 is 1.72 bits per heavy atom. The van der Waals surface area contributed by atoms with Crippen LogP contribution in [0.25, 0.3) is 0 Å². The highest BCUT2D eigenvalue weighted by molar-refractivity contribution is 9.09. The number of ether oxygens (including phenoxy) is 1. The first-order valence-electron chi connectivity index (χ1n) is 7.34. The standard InChI is InChI=1S/C15H32BrNO/c1-6-8-15(12-16,9-7-2)13-17(14(3)4)10-11-18-5/h14H,6-13H2,1-5H3. The Morgan fingerprint density at radius 1 is 1.17 bits per heavy atom. The average molecular weight is 322 g/mol. The summed E-state index contributed by atoms with van der Waals surface area (Å²) in [5.41, 5.74) is 0.432. The van der Waals surface area contributed by atoms with Crippen LogP contribution in [-0.4, -0.2) is 43.1 Å². The average Bonchev–Trinajstić information content (AvgIpc) is 2.34. The molecule has 0 aromatic rings. The SMILES string of the molecule is CCCC(CBr)(CCC)CN(CCOC)C(C)C. The van der Waals surface area contributed by atoms with Crippen LogP contribution in [0.3, 0.4) is 0 Å². The van der Waals surface area contributed by atoms with Gasteiger partial charge in [0.2, 0.25) is 0 Å². The second kappa shape index (κ2) is 10.2. The molecule has 0 spiro atoms. The summed E-state index contributed by atoms with van der Waals surface area (Å²) >= 11 is 3.76. The zero-order valence-corrected chi connectivity index (χ0v) is 14.6. The highest BCUT2D eigenvalue weighted by atomic mass is 79.9. The second-order valence-electron chi connectivity index (χ2n) is 5.69. The minimum atomic E-state index is 0.432. The van der Waals surface area contributed by atoms with Crippen LogP contribution in [-0.2, 0) is 4.74 Å². The number of methoxy groups -OCH3 is 1. The first kappa shape index (κ1) is 18.4. The Balaban J connectivity index is 4.66. The summed E-state index contributed by atoms with van der Waals surface area (Å²) < 4.78 is 5.24. The van der Waals surface area contributed by atoms with Crippen molar-refractivity contribution >= 4 is 15.9 Å². The van der Waals surface area contributed by atoms with Crippen molar-refractivity contribution in [1.82, 2.24) is 4.90 Å². The van der Waals surface area contributed by atoms with Crippen LogP contribution in [0.2, 0.25) is 0 Å². The van der Waals surface area contributed by atoms with Crippen LogP contribution >= 0.6 is 15.9 Å². The van der Waals surface area contributed by atoms with Crippen molar-refractivity contribution in [1.29, 1.82) is 0 Å². The van der Waals surface area contributed by atoms with E-state index in [0.717, 1.165) is 18.5 Å². The predicted octanol–water partition coefficient (Wildman–Crippen LogP) is 4.32. The Labute approximate surface area is 123 Å². The van der Waals surface area contributed by atoms with E-state index in [1.54, 1.807) is 7.11 Å². The van der Waals surface area contributed by atoms with E-state index in [-0.39, 0.29) is 0 Å². The Bertz CT molecular complexity index is 191. The van der Waals surface area contributed by atoms with Crippen molar-refractivity contribution < 1.29 is 4.74 Å². The fourth-order valence-electron chi connectivity index (χ4n) is 2.68. The maximum atomic E-state index is 5.24. The van der Waals surface area contributed by atoms with Crippen LogP contribution in [0.1, 0.15) is 53.4 Å². The van der Waals surface area contributed by atoms with Gasteiger partial charge in [-0.05, 0) is 32.1 Å². The molecule has 18 heavy (non-hydrogen) atoms. The van der Waals surface area contributed by atoms with Crippen LogP contribution in [0, 0.1) is 5.41 Å². The van der Waals surface area contributed by atoms with E-state index in [4.69, 9.17) is 4.74 Å². The molecule has 0 saturated carbocycles. The van der Waals surface area contributed by atoms with E-state index >= 15 is 0 Å². The summed E-state index contributed by atoms with van der Waals surface area (Å²) in [6.07, 6.45) is 5.15. The van der Waals surface area contributed by atoms with Crippen molar-refractivity contribution in [2.24, 2.45) is 5.41 Å². The first-order valence-corrected chi connectivity index (χ1v) is 8.46. The maximum absolute atomic E-state index is 5.24. The molecule has 0 amide bonds. The van der Waals surface area contributed by atoms with E-state index in [9.17, 15) is 0 Å². The number of hydrogen-bond acceptors (Lipinski definition) is 2. The van der Waals surface area contributed by atoms with Crippen LogP contribution in [0.5, 0.6) is 0 Å². The molecule has 0 radical (unpaired) electrons. The molecule has 3 heteroatoms. The smallest absolute Gasteiger partial charge is 0.0589 e. The van der Waals surface area contributed by atoms with Gasteiger partial charge in [0.25, 0.3) is 0 Å². The van der Waals surface area contributed by atoms with Gasteiger partial charge in [0.1, 0.15) is 0 Å². The Morgan fingerprint density at radius 3 is 2.06 bits per heavy atom. The number of hydrogen-bond donors (Lipinski definition) is 0. The van der Waals surface area contributed by atoms with Gasteiger partial charge in [0, 0.05) is 31.6 Å². The molecular formula is C15H32BrNO.